The molecule has 2 aliphatic rings. The van der Waals surface area contributed by atoms with Crippen molar-refractivity contribution in [1.82, 2.24) is 24.9 Å². The number of ether oxygens (including phenoxy) is 1. The zero-order valence-corrected chi connectivity index (χ0v) is 19.7. The number of carbonyl (C=O) groups is 2. The molecule has 1 atom stereocenters. The third-order valence-electron chi connectivity index (χ3n) is 6.93. The molecule has 0 saturated carbocycles. The minimum atomic E-state index is -0.0468. The number of rotatable bonds is 7. The Bertz CT molecular complexity index is 931. The van der Waals surface area contributed by atoms with Crippen LogP contribution in [0.5, 0.6) is 0 Å². The molecular weight excluding hydrogens is 418 g/mol. The van der Waals surface area contributed by atoms with Crippen LogP contribution in [0.15, 0.2) is 36.5 Å². The molecule has 33 heavy (non-hydrogen) atoms. The van der Waals surface area contributed by atoms with Gasteiger partial charge in [0, 0.05) is 51.4 Å². The van der Waals surface area contributed by atoms with Crippen molar-refractivity contribution < 1.29 is 14.3 Å². The minimum Gasteiger partial charge on any atom is -0.379 e. The first-order valence-electron chi connectivity index (χ1n) is 12.0. The molecule has 2 fully saturated rings. The Morgan fingerprint density at radius 2 is 1.82 bits per heavy atom. The number of hydrogen-bond acceptors (Lipinski definition) is 5. The Hall–Kier alpha value is -2.71. The molecule has 1 unspecified atom stereocenters. The molecule has 8 heteroatoms. The van der Waals surface area contributed by atoms with Gasteiger partial charge in [0.2, 0.25) is 5.91 Å². The summed E-state index contributed by atoms with van der Waals surface area (Å²) in [7, 11) is 0. The molecule has 178 valence electrons. The Kier molecular flexibility index (Phi) is 7.77. The van der Waals surface area contributed by atoms with Gasteiger partial charge >= 0.3 is 0 Å². The lowest BCUT2D eigenvalue weighted by Crippen LogP contribution is -2.45. The van der Waals surface area contributed by atoms with E-state index in [4.69, 9.17) is 4.74 Å². The fraction of sp³-hybridized carbons (Fsp3) is 0.560. The number of nitrogens with one attached hydrogen (secondary N) is 1. The van der Waals surface area contributed by atoms with E-state index in [0.29, 0.717) is 31.1 Å². The second-order valence-electron chi connectivity index (χ2n) is 9.07. The highest BCUT2D eigenvalue weighted by molar-refractivity contribution is 5.95. The van der Waals surface area contributed by atoms with Crippen molar-refractivity contribution in [1.29, 1.82) is 0 Å². The van der Waals surface area contributed by atoms with Gasteiger partial charge in [0.15, 0.2) is 0 Å². The molecule has 4 rings (SSSR count). The maximum Gasteiger partial charge on any atom is 0.257 e. The molecule has 1 aromatic carbocycles. The van der Waals surface area contributed by atoms with Crippen molar-refractivity contribution in [2.75, 3.05) is 52.5 Å². The summed E-state index contributed by atoms with van der Waals surface area (Å²) in [5.74, 6) is 0.392. The van der Waals surface area contributed by atoms with Crippen molar-refractivity contribution in [3.63, 3.8) is 0 Å². The molecule has 1 aromatic heterocycles. The van der Waals surface area contributed by atoms with Crippen LogP contribution in [0.25, 0.3) is 5.69 Å². The predicted molar refractivity (Wildman–Crippen MR) is 126 cm³/mol. The van der Waals surface area contributed by atoms with E-state index in [2.05, 4.69) is 15.3 Å². The standard InChI is InChI=1S/C25H35N5O3/c1-19(24(31)26-10-13-28-14-16-33-17-15-28)21-8-11-29(12-9-21)25(32)23-18-30(27-20(23)2)22-6-4-3-5-7-22/h3-7,18-19,21H,8-17H2,1-2H3,(H,26,31). The van der Waals surface area contributed by atoms with Crippen LogP contribution in [0.4, 0.5) is 0 Å². The quantitative estimate of drug-likeness (QED) is 0.695. The van der Waals surface area contributed by atoms with Crippen molar-refractivity contribution in [2.24, 2.45) is 11.8 Å². The average molecular weight is 454 g/mol. The molecule has 2 saturated heterocycles. The molecule has 2 aliphatic heterocycles. The van der Waals surface area contributed by atoms with Gasteiger partial charge in [-0.2, -0.15) is 5.10 Å². The zero-order chi connectivity index (χ0) is 23.2. The molecule has 3 heterocycles. The number of hydrogen-bond donors (Lipinski definition) is 1. The molecule has 0 spiro atoms. The average Bonchev–Trinajstić information content (AvgIpc) is 3.26. The van der Waals surface area contributed by atoms with Gasteiger partial charge < -0.3 is 15.0 Å². The SMILES string of the molecule is Cc1nn(-c2ccccc2)cc1C(=O)N1CCC(C(C)C(=O)NCCN2CCOCC2)CC1. The van der Waals surface area contributed by atoms with Crippen molar-refractivity contribution in [3.8, 4) is 5.69 Å². The zero-order valence-electron chi connectivity index (χ0n) is 19.7. The number of para-hydroxylation sites is 1. The first kappa shape index (κ1) is 23.4. The van der Waals surface area contributed by atoms with Crippen LogP contribution in [-0.2, 0) is 9.53 Å². The van der Waals surface area contributed by atoms with Gasteiger partial charge in [0.05, 0.1) is 30.2 Å². The molecule has 1 N–H and O–H groups in total. The number of likely N-dealkylation sites (tertiary alicyclic amines) is 1. The minimum absolute atomic E-state index is 0.0238. The number of piperidine rings is 1. The van der Waals surface area contributed by atoms with E-state index >= 15 is 0 Å². The molecule has 2 aromatic rings. The maximum atomic E-state index is 13.1. The molecule has 0 radical (unpaired) electrons. The number of nitrogens with zero attached hydrogens (tertiary/aromatic N) is 4. The topological polar surface area (TPSA) is 79.7 Å². The number of aromatic nitrogens is 2. The first-order chi connectivity index (χ1) is 16.0. The summed E-state index contributed by atoms with van der Waals surface area (Å²) in [6.45, 7) is 10.2. The summed E-state index contributed by atoms with van der Waals surface area (Å²) < 4.78 is 7.13. The van der Waals surface area contributed by atoms with Crippen LogP contribution in [0.1, 0.15) is 35.8 Å². The molecule has 0 bridgehead atoms. The van der Waals surface area contributed by atoms with Crippen LogP contribution in [-0.4, -0.2) is 83.9 Å². The fourth-order valence-electron chi connectivity index (χ4n) is 4.69. The summed E-state index contributed by atoms with van der Waals surface area (Å²) in [4.78, 5) is 30.0. The highest BCUT2D eigenvalue weighted by Gasteiger charge is 2.31. The Morgan fingerprint density at radius 3 is 2.52 bits per heavy atom. The number of amides is 2. The molecule has 8 nitrogen and oxygen atoms in total. The Morgan fingerprint density at radius 1 is 1.12 bits per heavy atom. The van der Waals surface area contributed by atoms with Gasteiger partial charge in [-0.15, -0.1) is 0 Å². The van der Waals surface area contributed by atoms with E-state index < -0.39 is 0 Å². The lowest BCUT2D eigenvalue weighted by molar-refractivity contribution is -0.126. The van der Waals surface area contributed by atoms with E-state index in [1.807, 2.05) is 55.3 Å². The van der Waals surface area contributed by atoms with Gasteiger partial charge in [-0.05, 0) is 37.8 Å². The first-order valence-corrected chi connectivity index (χ1v) is 12.0. The van der Waals surface area contributed by atoms with Crippen LogP contribution >= 0.6 is 0 Å². The monoisotopic (exact) mass is 453 g/mol. The van der Waals surface area contributed by atoms with Crippen molar-refractivity contribution in [3.05, 3.63) is 47.8 Å². The Balaban J connectivity index is 1.25. The summed E-state index contributed by atoms with van der Waals surface area (Å²) in [5, 5.41) is 7.63. The summed E-state index contributed by atoms with van der Waals surface area (Å²) >= 11 is 0. The Labute approximate surface area is 195 Å². The molecule has 2 amide bonds. The van der Waals surface area contributed by atoms with E-state index in [0.717, 1.165) is 57.1 Å². The van der Waals surface area contributed by atoms with Gasteiger partial charge in [0.25, 0.3) is 5.91 Å². The fourth-order valence-corrected chi connectivity index (χ4v) is 4.69. The number of benzene rings is 1. The smallest absolute Gasteiger partial charge is 0.257 e. The van der Waals surface area contributed by atoms with Gasteiger partial charge in [0.1, 0.15) is 0 Å². The molecule has 0 aliphatic carbocycles. The van der Waals surface area contributed by atoms with E-state index in [1.54, 1.807) is 4.68 Å². The lowest BCUT2D eigenvalue weighted by Gasteiger charge is -2.34. The van der Waals surface area contributed by atoms with Crippen LogP contribution in [0, 0.1) is 18.8 Å². The van der Waals surface area contributed by atoms with E-state index in [1.165, 1.54) is 0 Å². The van der Waals surface area contributed by atoms with Gasteiger partial charge in [-0.3, -0.25) is 14.5 Å². The maximum absolute atomic E-state index is 13.1. The van der Waals surface area contributed by atoms with E-state index in [-0.39, 0.29) is 17.7 Å². The highest BCUT2D eigenvalue weighted by atomic mass is 16.5. The summed E-state index contributed by atoms with van der Waals surface area (Å²) in [6.07, 6.45) is 3.51. The number of aryl methyl sites for hydroxylation is 1. The van der Waals surface area contributed by atoms with E-state index in [9.17, 15) is 9.59 Å². The lowest BCUT2D eigenvalue weighted by atomic mass is 9.84. The summed E-state index contributed by atoms with van der Waals surface area (Å²) in [5.41, 5.74) is 2.32. The van der Waals surface area contributed by atoms with Crippen LogP contribution in [0.2, 0.25) is 0 Å². The van der Waals surface area contributed by atoms with Gasteiger partial charge in [-0.1, -0.05) is 25.1 Å². The third kappa shape index (κ3) is 5.81. The largest absolute Gasteiger partial charge is 0.379 e. The second-order valence-corrected chi connectivity index (χ2v) is 9.07. The highest BCUT2D eigenvalue weighted by Crippen LogP contribution is 2.26. The van der Waals surface area contributed by atoms with Crippen molar-refractivity contribution in [2.45, 2.75) is 26.7 Å². The van der Waals surface area contributed by atoms with Crippen LogP contribution < -0.4 is 5.32 Å². The van der Waals surface area contributed by atoms with Gasteiger partial charge in [-0.25, -0.2) is 4.68 Å². The number of morpholine rings is 1. The molecular formula is C25H35N5O3. The predicted octanol–water partition coefficient (Wildman–Crippen LogP) is 2.12. The van der Waals surface area contributed by atoms with Crippen molar-refractivity contribution >= 4 is 11.8 Å². The second kappa shape index (κ2) is 10.9. The number of carbonyl (C=O) groups excluding carboxylic acids is 2. The summed E-state index contributed by atoms with van der Waals surface area (Å²) in [6, 6.07) is 9.82. The normalized spacial score (nSPS) is 18.8. The van der Waals surface area contributed by atoms with Crippen LogP contribution in [0.3, 0.4) is 0 Å². The third-order valence-corrected chi connectivity index (χ3v) is 6.93.